The van der Waals surface area contributed by atoms with E-state index in [4.69, 9.17) is 4.74 Å². The Morgan fingerprint density at radius 3 is 2.48 bits per heavy atom. The molecule has 0 aliphatic heterocycles. The molecule has 1 aromatic heterocycles. The molecule has 1 heterocycles. The van der Waals surface area contributed by atoms with Gasteiger partial charge in [0.1, 0.15) is 11.6 Å². The van der Waals surface area contributed by atoms with Crippen molar-refractivity contribution in [1.82, 2.24) is 15.6 Å². The van der Waals surface area contributed by atoms with E-state index in [0.717, 1.165) is 22.7 Å². The number of hydrogen-bond acceptors (Lipinski definition) is 4. The summed E-state index contributed by atoms with van der Waals surface area (Å²) >= 11 is 0. The lowest BCUT2D eigenvalue weighted by atomic mass is 10.2. The monoisotopic (exact) mass is 314 g/mol. The topological polar surface area (TPSA) is 66.5 Å². The highest BCUT2D eigenvalue weighted by molar-refractivity contribution is 5.74. The predicted octanol–water partition coefficient (Wildman–Crippen LogP) is 2.16. The van der Waals surface area contributed by atoms with Crippen LogP contribution in [0.25, 0.3) is 0 Å². The Kier molecular flexibility index (Phi) is 5.80. The zero-order valence-corrected chi connectivity index (χ0v) is 13.7. The van der Waals surface area contributed by atoms with Crippen molar-refractivity contribution < 1.29 is 9.53 Å². The van der Waals surface area contributed by atoms with Crippen LogP contribution < -0.4 is 20.3 Å². The number of pyridine rings is 1. The molecular formula is C17H22N4O2. The Morgan fingerprint density at radius 1 is 1.13 bits per heavy atom. The van der Waals surface area contributed by atoms with Gasteiger partial charge in [0.2, 0.25) is 0 Å². The molecule has 0 fully saturated rings. The molecule has 1 aromatic carbocycles. The zero-order chi connectivity index (χ0) is 16.7. The fourth-order valence-electron chi connectivity index (χ4n) is 2.13. The molecule has 0 radical (unpaired) electrons. The van der Waals surface area contributed by atoms with Crippen LogP contribution in [0.4, 0.5) is 10.6 Å². The first-order valence-electron chi connectivity index (χ1n) is 7.36. The second kappa shape index (κ2) is 8.03. The average Bonchev–Trinajstić information content (AvgIpc) is 2.58. The number of carbonyl (C=O) groups excluding carboxylic acids is 1. The summed E-state index contributed by atoms with van der Waals surface area (Å²) in [6.45, 7) is 0.888. The molecule has 2 N–H and O–H groups in total. The number of hydrogen-bond donors (Lipinski definition) is 2. The minimum Gasteiger partial charge on any atom is -0.497 e. The molecule has 23 heavy (non-hydrogen) atoms. The van der Waals surface area contributed by atoms with Gasteiger partial charge in [-0.25, -0.2) is 9.78 Å². The fourth-order valence-corrected chi connectivity index (χ4v) is 2.13. The third kappa shape index (κ3) is 4.88. The highest BCUT2D eigenvalue weighted by Gasteiger charge is 2.07. The van der Waals surface area contributed by atoms with Gasteiger partial charge in [0.25, 0.3) is 0 Å². The Balaban J connectivity index is 1.83. The van der Waals surface area contributed by atoms with E-state index in [0.29, 0.717) is 13.1 Å². The molecule has 122 valence electrons. The Bertz CT molecular complexity index is 641. The third-order valence-corrected chi connectivity index (χ3v) is 3.34. The van der Waals surface area contributed by atoms with Crippen LogP contribution in [0.2, 0.25) is 0 Å². The van der Waals surface area contributed by atoms with Crippen molar-refractivity contribution in [3.05, 3.63) is 53.7 Å². The van der Waals surface area contributed by atoms with Crippen LogP contribution in [-0.4, -0.2) is 32.2 Å². The molecule has 0 aliphatic carbocycles. The number of carbonyl (C=O) groups is 1. The predicted molar refractivity (Wildman–Crippen MR) is 90.6 cm³/mol. The summed E-state index contributed by atoms with van der Waals surface area (Å²) in [7, 11) is 5.48. The van der Waals surface area contributed by atoms with Crippen LogP contribution in [0.5, 0.6) is 5.75 Å². The molecule has 0 saturated heterocycles. The molecule has 0 bridgehead atoms. The summed E-state index contributed by atoms with van der Waals surface area (Å²) in [6.07, 6.45) is 1.74. The molecule has 2 rings (SSSR count). The molecule has 2 aromatic rings. The first kappa shape index (κ1) is 16.6. The van der Waals surface area contributed by atoms with E-state index < -0.39 is 0 Å². The number of rotatable bonds is 6. The molecule has 0 saturated carbocycles. The Hall–Kier alpha value is -2.76. The third-order valence-electron chi connectivity index (χ3n) is 3.34. The van der Waals surface area contributed by atoms with Crippen molar-refractivity contribution in [2.24, 2.45) is 0 Å². The van der Waals surface area contributed by atoms with Gasteiger partial charge >= 0.3 is 6.03 Å². The lowest BCUT2D eigenvalue weighted by Gasteiger charge is -2.16. The summed E-state index contributed by atoms with van der Waals surface area (Å²) in [5.41, 5.74) is 1.98. The van der Waals surface area contributed by atoms with Crippen LogP contribution in [0.3, 0.4) is 0 Å². The smallest absolute Gasteiger partial charge is 0.315 e. The maximum atomic E-state index is 11.9. The van der Waals surface area contributed by atoms with Crippen LogP contribution >= 0.6 is 0 Å². The van der Waals surface area contributed by atoms with Crippen LogP contribution in [-0.2, 0) is 13.1 Å². The second-order valence-corrected chi connectivity index (χ2v) is 5.26. The van der Waals surface area contributed by atoms with Crippen molar-refractivity contribution in [3.63, 3.8) is 0 Å². The van der Waals surface area contributed by atoms with E-state index in [-0.39, 0.29) is 6.03 Å². The number of methoxy groups -OCH3 is 1. The van der Waals surface area contributed by atoms with Crippen molar-refractivity contribution in [3.8, 4) is 5.75 Å². The van der Waals surface area contributed by atoms with Crippen molar-refractivity contribution >= 4 is 11.8 Å². The SMILES string of the molecule is COc1ccc(CNC(=O)NCc2cccnc2N(C)C)cc1. The van der Waals surface area contributed by atoms with E-state index in [2.05, 4.69) is 15.6 Å². The van der Waals surface area contributed by atoms with Gasteiger partial charge in [-0.1, -0.05) is 18.2 Å². The summed E-state index contributed by atoms with van der Waals surface area (Å²) in [5.74, 6) is 1.65. The normalized spacial score (nSPS) is 10.0. The van der Waals surface area contributed by atoms with Gasteiger partial charge in [0, 0.05) is 38.9 Å². The first-order chi connectivity index (χ1) is 11.1. The van der Waals surface area contributed by atoms with Gasteiger partial charge in [-0.2, -0.15) is 0 Å². The largest absolute Gasteiger partial charge is 0.497 e. The number of ether oxygens (including phenoxy) is 1. The van der Waals surface area contributed by atoms with E-state index in [1.807, 2.05) is 55.4 Å². The minimum absolute atomic E-state index is 0.214. The van der Waals surface area contributed by atoms with Gasteiger partial charge < -0.3 is 20.3 Å². The number of urea groups is 1. The maximum Gasteiger partial charge on any atom is 0.315 e. The van der Waals surface area contributed by atoms with Crippen LogP contribution in [0.15, 0.2) is 42.6 Å². The number of benzene rings is 1. The molecule has 0 aliphatic rings. The van der Waals surface area contributed by atoms with Crippen LogP contribution in [0, 0.1) is 0 Å². The van der Waals surface area contributed by atoms with Crippen molar-refractivity contribution in [2.45, 2.75) is 13.1 Å². The number of nitrogens with zero attached hydrogens (tertiary/aromatic N) is 2. The number of nitrogens with one attached hydrogen (secondary N) is 2. The van der Waals surface area contributed by atoms with E-state index in [9.17, 15) is 4.79 Å². The summed E-state index contributed by atoms with van der Waals surface area (Å²) in [6, 6.07) is 11.2. The van der Waals surface area contributed by atoms with Gasteiger partial charge in [-0.15, -0.1) is 0 Å². The molecule has 6 heteroatoms. The molecule has 0 unspecified atom stereocenters. The summed E-state index contributed by atoms with van der Waals surface area (Å²) < 4.78 is 5.10. The molecule has 0 atom stereocenters. The number of aromatic nitrogens is 1. The zero-order valence-electron chi connectivity index (χ0n) is 13.7. The highest BCUT2D eigenvalue weighted by Crippen LogP contribution is 2.14. The van der Waals surface area contributed by atoms with Gasteiger partial charge in [-0.05, 0) is 23.8 Å². The number of amides is 2. The van der Waals surface area contributed by atoms with E-state index in [1.165, 1.54) is 0 Å². The standard InChI is InChI=1S/C17H22N4O2/c1-21(2)16-14(5-4-10-18-16)12-20-17(22)19-11-13-6-8-15(23-3)9-7-13/h4-10H,11-12H2,1-3H3,(H2,19,20,22). The number of anilines is 1. The van der Waals surface area contributed by atoms with Gasteiger partial charge in [0.15, 0.2) is 0 Å². The molecular weight excluding hydrogens is 292 g/mol. The lowest BCUT2D eigenvalue weighted by molar-refractivity contribution is 0.240. The van der Waals surface area contributed by atoms with E-state index >= 15 is 0 Å². The van der Waals surface area contributed by atoms with Crippen molar-refractivity contribution in [2.75, 3.05) is 26.1 Å². The Labute approximate surface area is 136 Å². The second-order valence-electron chi connectivity index (χ2n) is 5.26. The Morgan fingerprint density at radius 2 is 1.83 bits per heavy atom. The van der Waals surface area contributed by atoms with Gasteiger partial charge in [-0.3, -0.25) is 0 Å². The van der Waals surface area contributed by atoms with Crippen LogP contribution in [0.1, 0.15) is 11.1 Å². The molecule has 2 amide bonds. The van der Waals surface area contributed by atoms with Gasteiger partial charge in [0.05, 0.1) is 7.11 Å². The quantitative estimate of drug-likeness (QED) is 0.857. The lowest BCUT2D eigenvalue weighted by Crippen LogP contribution is -2.35. The maximum absolute atomic E-state index is 11.9. The fraction of sp³-hybridized carbons (Fsp3) is 0.294. The summed E-state index contributed by atoms with van der Waals surface area (Å²) in [5, 5.41) is 5.68. The molecule has 6 nitrogen and oxygen atoms in total. The average molecular weight is 314 g/mol. The molecule has 0 spiro atoms. The van der Waals surface area contributed by atoms with E-state index in [1.54, 1.807) is 13.3 Å². The highest BCUT2D eigenvalue weighted by atomic mass is 16.5. The van der Waals surface area contributed by atoms with Crippen molar-refractivity contribution in [1.29, 1.82) is 0 Å². The summed E-state index contributed by atoms with van der Waals surface area (Å²) in [4.78, 5) is 18.1. The first-order valence-corrected chi connectivity index (χ1v) is 7.36. The minimum atomic E-state index is -0.214.